The highest BCUT2D eigenvalue weighted by atomic mass is 127. The van der Waals surface area contributed by atoms with E-state index < -0.39 is 0 Å². The third kappa shape index (κ3) is 6.13. The van der Waals surface area contributed by atoms with Gasteiger partial charge >= 0.3 is 0 Å². The maximum absolute atomic E-state index is 5.98. The van der Waals surface area contributed by atoms with Gasteiger partial charge in [0.15, 0.2) is 5.96 Å². The fourth-order valence-corrected chi connectivity index (χ4v) is 5.31. The van der Waals surface area contributed by atoms with Gasteiger partial charge in [0.05, 0.1) is 13.2 Å². The number of rotatable bonds is 5. The normalized spacial score (nSPS) is 23.7. The molecule has 2 fully saturated rings. The van der Waals surface area contributed by atoms with Crippen LogP contribution in [0.15, 0.2) is 29.3 Å². The maximum atomic E-state index is 5.98. The Balaban J connectivity index is 0.00000261. The molecule has 2 saturated heterocycles. The van der Waals surface area contributed by atoms with Gasteiger partial charge in [-0.25, -0.2) is 0 Å². The highest BCUT2D eigenvalue weighted by molar-refractivity contribution is 14.0. The Hall–Kier alpha value is -0.220. The highest BCUT2D eigenvalue weighted by Crippen LogP contribution is 2.33. The Morgan fingerprint density at radius 2 is 2.04 bits per heavy atom. The van der Waals surface area contributed by atoms with Crippen LogP contribution >= 0.6 is 47.3 Å². The van der Waals surface area contributed by atoms with E-state index in [1.165, 1.54) is 23.5 Å². The quantitative estimate of drug-likeness (QED) is 0.364. The van der Waals surface area contributed by atoms with Crippen molar-refractivity contribution in [2.75, 3.05) is 58.4 Å². The summed E-state index contributed by atoms with van der Waals surface area (Å²) in [6.45, 7) is 5.48. The molecule has 3 rings (SSSR count). The number of hydrogen-bond acceptors (Lipinski definition) is 4. The summed E-state index contributed by atoms with van der Waals surface area (Å²) in [5.41, 5.74) is 1.44. The summed E-state index contributed by atoms with van der Waals surface area (Å²) in [6, 6.07) is 8.00. The lowest BCUT2D eigenvalue weighted by Crippen LogP contribution is -2.60. The van der Waals surface area contributed by atoms with Crippen LogP contribution < -0.4 is 5.32 Å². The molecule has 1 aromatic carbocycles. The first kappa shape index (κ1) is 23.1. The standard InChI is InChI=1S/C19H29ClN4OS.HI/c1-21-18(23(2)13-16-3-5-17(20)6-4-16)22-14-19(7-12-26-15-19)24-8-10-25-11-9-24;/h3-6H,7-15H2,1-2H3,(H,21,22);1H. The van der Waals surface area contributed by atoms with E-state index in [-0.39, 0.29) is 29.5 Å². The van der Waals surface area contributed by atoms with Crippen LogP contribution in [0.2, 0.25) is 5.02 Å². The molecule has 2 heterocycles. The summed E-state index contributed by atoms with van der Waals surface area (Å²) in [5, 5.41) is 4.40. The highest BCUT2D eigenvalue weighted by Gasteiger charge is 2.40. The van der Waals surface area contributed by atoms with E-state index in [1.54, 1.807) is 0 Å². The predicted octanol–water partition coefficient (Wildman–Crippen LogP) is 3.17. The number of benzene rings is 1. The molecule has 0 spiro atoms. The Morgan fingerprint density at radius 1 is 1.33 bits per heavy atom. The van der Waals surface area contributed by atoms with Gasteiger partial charge in [0.2, 0.25) is 0 Å². The smallest absolute Gasteiger partial charge is 0.193 e. The molecule has 2 aliphatic rings. The second-order valence-electron chi connectivity index (χ2n) is 7.01. The van der Waals surface area contributed by atoms with E-state index >= 15 is 0 Å². The van der Waals surface area contributed by atoms with Gasteiger partial charge in [0.1, 0.15) is 0 Å². The maximum Gasteiger partial charge on any atom is 0.193 e. The zero-order valence-electron chi connectivity index (χ0n) is 16.1. The van der Waals surface area contributed by atoms with E-state index in [2.05, 4.69) is 51.1 Å². The lowest BCUT2D eigenvalue weighted by molar-refractivity contribution is -0.0121. The fourth-order valence-electron chi connectivity index (χ4n) is 3.70. The molecule has 5 nitrogen and oxygen atoms in total. The van der Waals surface area contributed by atoms with Gasteiger partial charge in [-0.15, -0.1) is 24.0 Å². The lowest BCUT2D eigenvalue weighted by atomic mass is 9.95. The zero-order valence-corrected chi connectivity index (χ0v) is 20.0. The van der Waals surface area contributed by atoms with Crippen molar-refractivity contribution in [3.63, 3.8) is 0 Å². The molecule has 1 aromatic rings. The first-order valence-corrected chi connectivity index (χ1v) is 10.7. The number of hydrogen-bond donors (Lipinski definition) is 1. The number of nitrogens with one attached hydrogen (secondary N) is 1. The van der Waals surface area contributed by atoms with Crippen LogP contribution in [-0.4, -0.2) is 79.7 Å². The molecule has 2 aliphatic heterocycles. The van der Waals surface area contributed by atoms with Crippen LogP contribution in [0.5, 0.6) is 0 Å². The van der Waals surface area contributed by atoms with E-state index in [9.17, 15) is 0 Å². The van der Waals surface area contributed by atoms with Crippen molar-refractivity contribution in [2.45, 2.75) is 18.5 Å². The number of nitrogens with zero attached hydrogens (tertiary/aromatic N) is 3. The van der Waals surface area contributed by atoms with Gasteiger partial charge < -0.3 is 15.0 Å². The zero-order chi connectivity index (χ0) is 18.4. The molecule has 0 radical (unpaired) electrons. The lowest BCUT2D eigenvalue weighted by Gasteiger charge is -2.43. The van der Waals surface area contributed by atoms with Gasteiger partial charge in [-0.05, 0) is 29.9 Å². The SMILES string of the molecule is CN=C(NCC1(N2CCOCC2)CCSC1)N(C)Cc1ccc(Cl)cc1.I. The largest absolute Gasteiger partial charge is 0.379 e. The summed E-state index contributed by atoms with van der Waals surface area (Å²) >= 11 is 8.04. The minimum absolute atomic E-state index is 0. The van der Waals surface area contributed by atoms with Crippen molar-refractivity contribution in [1.82, 2.24) is 15.1 Å². The van der Waals surface area contributed by atoms with Gasteiger partial charge in [-0.3, -0.25) is 9.89 Å². The van der Waals surface area contributed by atoms with Gasteiger partial charge in [0, 0.05) is 56.6 Å². The van der Waals surface area contributed by atoms with Crippen molar-refractivity contribution in [3.8, 4) is 0 Å². The first-order valence-electron chi connectivity index (χ1n) is 9.20. The minimum Gasteiger partial charge on any atom is -0.379 e. The number of morpholine rings is 1. The van der Waals surface area contributed by atoms with Crippen LogP contribution in [0.3, 0.4) is 0 Å². The second kappa shape index (κ2) is 11.1. The molecular weight excluding hydrogens is 495 g/mol. The molecule has 0 bridgehead atoms. The minimum atomic E-state index is 0. The average Bonchev–Trinajstić information content (AvgIpc) is 3.15. The molecule has 8 heteroatoms. The van der Waals surface area contributed by atoms with E-state index in [0.29, 0.717) is 0 Å². The van der Waals surface area contributed by atoms with Gasteiger partial charge in [-0.2, -0.15) is 11.8 Å². The van der Waals surface area contributed by atoms with Gasteiger partial charge in [0.25, 0.3) is 0 Å². The third-order valence-electron chi connectivity index (χ3n) is 5.25. The average molecular weight is 525 g/mol. The van der Waals surface area contributed by atoms with E-state index in [1.807, 2.05) is 19.2 Å². The van der Waals surface area contributed by atoms with Crippen LogP contribution in [0.1, 0.15) is 12.0 Å². The molecule has 152 valence electrons. The Labute approximate surface area is 189 Å². The molecule has 1 unspecified atom stereocenters. The first-order chi connectivity index (χ1) is 12.6. The number of guanidine groups is 1. The number of ether oxygens (including phenoxy) is 1. The summed E-state index contributed by atoms with van der Waals surface area (Å²) in [6.07, 6.45) is 1.22. The van der Waals surface area contributed by atoms with Crippen LogP contribution in [0.4, 0.5) is 0 Å². The summed E-state index contributed by atoms with van der Waals surface area (Å²) in [7, 11) is 3.93. The molecule has 0 amide bonds. The van der Waals surface area contributed by atoms with Crippen molar-refractivity contribution in [3.05, 3.63) is 34.9 Å². The molecule has 0 aliphatic carbocycles. The summed E-state index contributed by atoms with van der Waals surface area (Å²) in [4.78, 5) is 9.28. The monoisotopic (exact) mass is 524 g/mol. The number of halogens is 2. The molecule has 1 N–H and O–H groups in total. The van der Waals surface area contributed by atoms with Crippen LogP contribution in [-0.2, 0) is 11.3 Å². The number of thioether (sulfide) groups is 1. The fraction of sp³-hybridized carbons (Fsp3) is 0.632. The van der Waals surface area contributed by atoms with Crippen molar-refractivity contribution in [1.29, 1.82) is 0 Å². The van der Waals surface area contributed by atoms with E-state index in [0.717, 1.165) is 50.4 Å². The second-order valence-corrected chi connectivity index (χ2v) is 8.55. The Morgan fingerprint density at radius 3 is 2.63 bits per heavy atom. The Kier molecular flexibility index (Phi) is 9.47. The number of aliphatic imine (C=N–C) groups is 1. The molecular formula is C19H30ClIN4OS. The van der Waals surface area contributed by atoms with E-state index in [4.69, 9.17) is 16.3 Å². The Bertz CT molecular complexity index is 604. The molecule has 1 atom stereocenters. The van der Waals surface area contributed by atoms with Gasteiger partial charge in [-0.1, -0.05) is 23.7 Å². The molecule has 27 heavy (non-hydrogen) atoms. The third-order valence-corrected chi connectivity index (χ3v) is 6.73. The molecule has 0 saturated carbocycles. The predicted molar refractivity (Wildman–Crippen MR) is 127 cm³/mol. The van der Waals surface area contributed by atoms with Crippen LogP contribution in [0.25, 0.3) is 0 Å². The van der Waals surface area contributed by atoms with Crippen molar-refractivity contribution >= 4 is 53.3 Å². The summed E-state index contributed by atoms with van der Waals surface area (Å²) < 4.78 is 5.55. The summed E-state index contributed by atoms with van der Waals surface area (Å²) in [5.74, 6) is 3.35. The van der Waals surface area contributed by atoms with Crippen LogP contribution in [0, 0.1) is 0 Å². The molecule has 0 aromatic heterocycles. The van der Waals surface area contributed by atoms with Crippen molar-refractivity contribution in [2.24, 2.45) is 4.99 Å². The topological polar surface area (TPSA) is 40.1 Å². The van der Waals surface area contributed by atoms with Crippen molar-refractivity contribution < 1.29 is 4.74 Å².